The standard InChI is InChI=1S/C15H14N2O/c1-2-6-12(7-3-1)17-14-9-5-4-8-13(14)15-16-10-11-18-15/h1-9,17H,10-11H2. The molecular formula is C15H14N2O. The summed E-state index contributed by atoms with van der Waals surface area (Å²) in [5.41, 5.74) is 3.09. The van der Waals surface area contributed by atoms with Crippen LogP contribution >= 0.6 is 0 Å². The van der Waals surface area contributed by atoms with Gasteiger partial charge in [-0.05, 0) is 24.3 Å². The topological polar surface area (TPSA) is 33.6 Å². The molecule has 3 heteroatoms. The predicted octanol–water partition coefficient (Wildman–Crippen LogP) is 3.21. The first-order valence-electron chi connectivity index (χ1n) is 6.02. The van der Waals surface area contributed by atoms with Gasteiger partial charge >= 0.3 is 0 Å². The molecule has 0 aliphatic carbocycles. The van der Waals surface area contributed by atoms with Crippen LogP contribution in [0.15, 0.2) is 59.6 Å². The van der Waals surface area contributed by atoms with Crippen molar-refractivity contribution in [3.63, 3.8) is 0 Å². The number of rotatable bonds is 3. The van der Waals surface area contributed by atoms with E-state index in [1.165, 1.54) is 0 Å². The molecule has 1 aliphatic heterocycles. The van der Waals surface area contributed by atoms with Gasteiger partial charge in [0.1, 0.15) is 6.61 Å². The van der Waals surface area contributed by atoms with E-state index >= 15 is 0 Å². The van der Waals surface area contributed by atoms with E-state index in [9.17, 15) is 0 Å². The molecule has 1 heterocycles. The number of nitrogens with zero attached hydrogens (tertiary/aromatic N) is 1. The van der Waals surface area contributed by atoms with Crippen molar-refractivity contribution < 1.29 is 4.74 Å². The van der Waals surface area contributed by atoms with Gasteiger partial charge in [-0.2, -0.15) is 0 Å². The van der Waals surface area contributed by atoms with E-state index in [1.807, 2.05) is 54.6 Å². The Hall–Kier alpha value is -2.29. The van der Waals surface area contributed by atoms with Gasteiger partial charge in [0.25, 0.3) is 0 Å². The highest BCUT2D eigenvalue weighted by atomic mass is 16.5. The number of anilines is 2. The monoisotopic (exact) mass is 238 g/mol. The smallest absolute Gasteiger partial charge is 0.218 e. The number of benzene rings is 2. The molecule has 1 aliphatic rings. The molecule has 3 rings (SSSR count). The van der Waals surface area contributed by atoms with Gasteiger partial charge in [0, 0.05) is 5.69 Å². The zero-order valence-electron chi connectivity index (χ0n) is 9.97. The Balaban J connectivity index is 1.92. The summed E-state index contributed by atoms with van der Waals surface area (Å²) in [5.74, 6) is 0.731. The van der Waals surface area contributed by atoms with Gasteiger partial charge in [-0.25, -0.2) is 4.99 Å². The number of aliphatic imine (C=N–C) groups is 1. The van der Waals surface area contributed by atoms with Crippen LogP contribution in [0.5, 0.6) is 0 Å². The summed E-state index contributed by atoms with van der Waals surface area (Å²) in [6.45, 7) is 1.42. The minimum Gasteiger partial charge on any atom is -0.475 e. The zero-order chi connectivity index (χ0) is 12.2. The minimum atomic E-state index is 0.676. The molecule has 90 valence electrons. The van der Waals surface area contributed by atoms with Crippen LogP contribution in [0, 0.1) is 0 Å². The van der Waals surface area contributed by atoms with Crippen LogP contribution in [-0.2, 0) is 4.74 Å². The van der Waals surface area contributed by atoms with Crippen LogP contribution in [0.4, 0.5) is 11.4 Å². The highest BCUT2D eigenvalue weighted by Crippen LogP contribution is 2.22. The number of ether oxygens (including phenoxy) is 1. The van der Waals surface area contributed by atoms with Crippen molar-refractivity contribution in [2.24, 2.45) is 4.99 Å². The summed E-state index contributed by atoms with van der Waals surface area (Å²) in [6.07, 6.45) is 0. The molecule has 0 bridgehead atoms. The van der Waals surface area contributed by atoms with Crippen molar-refractivity contribution in [1.82, 2.24) is 0 Å². The molecular weight excluding hydrogens is 224 g/mol. The average Bonchev–Trinajstić information content (AvgIpc) is 2.94. The summed E-state index contributed by atoms with van der Waals surface area (Å²) in [7, 11) is 0. The summed E-state index contributed by atoms with van der Waals surface area (Å²) in [6, 6.07) is 18.1. The van der Waals surface area contributed by atoms with Gasteiger partial charge in [-0.1, -0.05) is 30.3 Å². The lowest BCUT2D eigenvalue weighted by atomic mass is 10.1. The first-order chi connectivity index (χ1) is 8.93. The molecule has 2 aromatic rings. The molecule has 1 N–H and O–H groups in total. The SMILES string of the molecule is c1ccc(Nc2ccccc2C2=NCCO2)cc1. The first kappa shape index (κ1) is 10.8. The third-order valence-corrected chi connectivity index (χ3v) is 2.80. The van der Waals surface area contributed by atoms with Crippen molar-refractivity contribution in [2.75, 3.05) is 18.5 Å². The second-order valence-electron chi connectivity index (χ2n) is 4.07. The zero-order valence-corrected chi connectivity index (χ0v) is 9.97. The van der Waals surface area contributed by atoms with Gasteiger partial charge in [-0.15, -0.1) is 0 Å². The van der Waals surface area contributed by atoms with Gasteiger partial charge < -0.3 is 10.1 Å². The second kappa shape index (κ2) is 4.92. The summed E-state index contributed by atoms with van der Waals surface area (Å²) in [4.78, 5) is 4.36. The van der Waals surface area contributed by atoms with E-state index in [1.54, 1.807) is 0 Å². The average molecular weight is 238 g/mol. The van der Waals surface area contributed by atoms with E-state index in [0.717, 1.165) is 29.4 Å². The molecule has 3 nitrogen and oxygen atoms in total. The maximum absolute atomic E-state index is 5.53. The fourth-order valence-electron chi connectivity index (χ4n) is 1.95. The Bertz CT molecular complexity index is 564. The lowest BCUT2D eigenvalue weighted by Crippen LogP contribution is -2.05. The van der Waals surface area contributed by atoms with E-state index in [2.05, 4.69) is 10.3 Å². The van der Waals surface area contributed by atoms with Crippen molar-refractivity contribution in [1.29, 1.82) is 0 Å². The number of hydrogen-bond acceptors (Lipinski definition) is 3. The quantitative estimate of drug-likeness (QED) is 0.890. The molecule has 0 fully saturated rings. The Morgan fingerprint density at radius 1 is 0.944 bits per heavy atom. The lowest BCUT2D eigenvalue weighted by Gasteiger charge is -2.11. The molecule has 0 saturated carbocycles. The molecule has 0 amide bonds. The van der Waals surface area contributed by atoms with Gasteiger partial charge in [0.2, 0.25) is 5.90 Å². The summed E-state index contributed by atoms with van der Waals surface area (Å²) >= 11 is 0. The van der Waals surface area contributed by atoms with Crippen molar-refractivity contribution in [3.05, 3.63) is 60.2 Å². The molecule has 2 aromatic carbocycles. The third-order valence-electron chi connectivity index (χ3n) is 2.80. The largest absolute Gasteiger partial charge is 0.475 e. The second-order valence-corrected chi connectivity index (χ2v) is 4.07. The molecule has 0 atom stereocenters. The van der Waals surface area contributed by atoms with Crippen LogP contribution in [0.2, 0.25) is 0 Å². The summed E-state index contributed by atoms with van der Waals surface area (Å²) < 4.78 is 5.53. The Morgan fingerprint density at radius 3 is 2.50 bits per heavy atom. The molecule has 0 aromatic heterocycles. The molecule has 18 heavy (non-hydrogen) atoms. The van der Waals surface area contributed by atoms with E-state index < -0.39 is 0 Å². The molecule has 0 spiro atoms. The predicted molar refractivity (Wildman–Crippen MR) is 73.5 cm³/mol. The van der Waals surface area contributed by atoms with Crippen molar-refractivity contribution >= 4 is 17.3 Å². The van der Waals surface area contributed by atoms with Gasteiger partial charge in [-0.3, -0.25) is 0 Å². The molecule has 0 unspecified atom stereocenters. The molecule has 0 saturated heterocycles. The highest BCUT2D eigenvalue weighted by molar-refractivity contribution is 6.00. The highest BCUT2D eigenvalue weighted by Gasteiger charge is 2.13. The maximum Gasteiger partial charge on any atom is 0.218 e. The third kappa shape index (κ3) is 2.20. The number of nitrogens with one attached hydrogen (secondary N) is 1. The van der Waals surface area contributed by atoms with Crippen LogP contribution in [0.1, 0.15) is 5.56 Å². The Labute approximate surface area is 106 Å². The normalized spacial score (nSPS) is 13.9. The minimum absolute atomic E-state index is 0.676. The Kier molecular flexibility index (Phi) is 2.96. The fraction of sp³-hybridized carbons (Fsp3) is 0.133. The van der Waals surface area contributed by atoms with Crippen molar-refractivity contribution in [2.45, 2.75) is 0 Å². The van der Waals surface area contributed by atoms with Crippen molar-refractivity contribution in [3.8, 4) is 0 Å². The lowest BCUT2D eigenvalue weighted by molar-refractivity contribution is 0.348. The van der Waals surface area contributed by atoms with E-state index in [4.69, 9.17) is 4.74 Å². The summed E-state index contributed by atoms with van der Waals surface area (Å²) in [5, 5.41) is 3.39. The Morgan fingerprint density at radius 2 is 1.72 bits per heavy atom. The van der Waals surface area contributed by atoms with Crippen LogP contribution in [0.25, 0.3) is 0 Å². The van der Waals surface area contributed by atoms with Crippen LogP contribution in [0.3, 0.4) is 0 Å². The van der Waals surface area contributed by atoms with E-state index in [0.29, 0.717) is 6.61 Å². The van der Waals surface area contributed by atoms with Gasteiger partial charge in [0.05, 0.1) is 17.8 Å². The molecule has 0 radical (unpaired) electrons. The number of hydrogen-bond donors (Lipinski definition) is 1. The van der Waals surface area contributed by atoms with Crippen LogP contribution < -0.4 is 5.32 Å². The maximum atomic E-state index is 5.53. The fourth-order valence-corrected chi connectivity index (χ4v) is 1.95. The van der Waals surface area contributed by atoms with Crippen LogP contribution in [-0.4, -0.2) is 19.0 Å². The van der Waals surface area contributed by atoms with Gasteiger partial charge in [0.15, 0.2) is 0 Å². The number of para-hydroxylation sites is 2. The van der Waals surface area contributed by atoms with E-state index in [-0.39, 0.29) is 0 Å². The first-order valence-corrected chi connectivity index (χ1v) is 6.02.